The van der Waals surface area contributed by atoms with Gasteiger partial charge in [-0.25, -0.2) is 4.98 Å². The monoisotopic (exact) mass is 444 g/mol. The second-order valence-electron chi connectivity index (χ2n) is 6.35. The van der Waals surface area contributed by atoms with E-state index in [1.54, 1.807) is 10.9 Å². The topological polar surface area (TPSA) is 69.0 Å². The predicted molar refractivity (Wildman–Crippen MR) is 117 cm³/mol. The second kappa shape index (κ2) is 8.36. The lowest BCUT2D eigenvalue weighted by atomic mass is 10.2. The van der Waals surface area contributed by atoms with Crippen LogP contribution in [-0.2, 0) is 13.7 Å². The summed E-state index contributed by atoms with van der Waals surface area (Å²) in [5, 5.41) is 12.1. The number of thiazole rings is 1. The summed E-state index contributed by atoms with van der Waals surface area (Å²) in [6, 6.07) is 9.25. The maximum Gasteiger partial charge on any atom is 0.267 e. The third kappa shape index (κ3) is 4.50. The molecule has 0 aliphatic rings. The average Bonchev–Trinajstić information content (AvgIpc) is 3.43. The van der Waals surface area contributed by atoms with Gasteiger partial charge in [-0.15, -0.1) is 22.7 Å². The first-order valence-corrected chi connectivity index (χ1v) is 10.8. The summed E-state index contributed by atoms with van der Waals surface area (Å²) in [6.07, 6.45) is 1.72. The van der Waals surface area contributed by atoms with Crippen molar-refractivity contribution in [2.24, 2.45) is 7.05 Å². The molecule has 0 fully saturated rings. The first kappa shape index (κ1) is 19.6. The van der Waals surface area contributed by atoms with E-state index in [1.165, 1.54) is 22.7 Å². The minimum absolute atomic E-state index is 0.186. The number of aromatic nitrogens is 3. The number of halogens is 1. The molecule has 1 N–H and O–H groups in total. The minimum Gasteiger partial charge on any atom is -0.489 e. The Kier molecular flexibility index (Phi) is 5.66. The van der Waals surface area contributed by atoms with Crippen LogP contribution in [0, 0.1) is 6.92 Å². The first-order chi connectivity index (χ1) is 14.0. The summed E-state index contributed by atoms with van der Waals surface area (Å²) in [6.45, 7) is 2.31. The van der Waals surface area contributed by atoms with Gasteiger partial charge in [-0.05, 0) is 48.2 Å². The molecule has 0 saturated heterocycles. The largest absolute Gasteiger partial charge is 0.489 e. The van der Waals surface area contributed by atoms with E-state index in [4.69, 9.17) is 16.3 Å². The molecule has 0 atom stereocenters. The van der Waals surface area contributed by atoms with E-state index in [0.717, 1.165) is 28.3 Å². The summed E-state index contributed by atoms with van der Waals surface area (Å²) in [5.41, 5.74) is 3.57. The van der Waals surface area contributed by atoms with Crippen molar-refractivity contribution in [2.45, 2.75) is 13.5 Å². The van der Waals surface area contributed by atoms with Crippen molar-refractivity contribution < 1.29 is 9.53 Å². The lowest BCUT2D eigenvalue weighted by Crippen LogP contribution is -2.10. The molecule has 6 nitrogen and oxygen atoms in total. The molecule has 0 unspecified atom stereocenters. The number of carbonyl (C=O) groups excluding carboxylic acids is 1. The Hall–Kier alpha value is -2.68. The van der Waals surface area contributed by atoms with E-state index in [2.05, 4.69) is 15.4 Å². The van der Waals surface area contributed by atoms with Gasteiger partial charge in [-0.2, -0.15) is 5.10 Å². The lowest BCUT2D eigenvalue weighted by molar-refractivity contribution is 0.103. The molecule has 29 heavy (non-hydrogen) atoms. The van der Waals surface area contributed by atoms with Crippen LogP contribution in [-0.4, -0.2) is 20.7 Å². The highest BCUT2D eigenvalue weighted by atomic mass is 35.5. The SMILES string of the molecule is Cc1cc(OCc2csc(C(=O)Nc3nc(-c4ccnn4C)cs3)c2)ccc1Cl. The van der Waals surface area contributed by atoms with E-state index >= 15 is 0 Å². The molecule has 3 aromatic heterocycles. The highest BCUT2D eigenvalue weighted by Crippen LogP contribution is 2.26. The molecule has 4 rings (SSSR count). The Morgan fingerprint density at radius 3 is 2.86 bits per heavy atom. The average molecular weight is 445 g/mol. The van der Waals surface area contributed by atoms with Gasteiger partial charge in [0.15, 0.2) is 5.13 Å². The molecule has 1 aromatic carbocycles. The van der Waals surface area contributed by atoms with Crippen LogP contribution in [0.5, 0.6) is 5.75 Å². The summed E-state index contributed by atoms with van der Waals surface area (Å²) in [7, 11) is 1.85. The van der Waals surface area contributed by atoms with E-state index in [1.807, 2.05) is 55.1 Å². The summed E-state index contributed by atoms with van der Waals surface area (Å²) in [4.78, 5) is 17.6. The zero-order valence-electron chi connectivity index (χ0n) is 15.7. The minimum atomic E-state index is -0.186. The lowest BCUT2D eigenvalue weighted by Gasteiger charge is -2.06. The van der Waals surface area contributed by atoms with Gasteiger partial charge >= 0.3 is 0 Å². The Morgan fingerprint density at radius 1 is 1.24 bits per heavy atom. The standard InChI is InChI=1S/C20H17ClN4O2S2/c1-12-7-14(3-4-15(12)21)27-9-13-8-18(28-10-13)19(26)24-20-23-16(11-29-20)17-5-6-22-25(17)2/h3-8,10-11H,9H2,1-2H3,(H,23,24,26). The molecule has 9 heteroatoms. The van der Waals surface area contributed by atoms with Crippen LogP contribution in [0.3, 0.4) is 0 Å². The van der Waals surface area contributed by atoms with Gasteiger partial charge in [0, 0.05) is 29.2 Å². The highest BCUT2D eigenvalue weighted by molar-refractivity contribution is 7.14. The fourth-order valence-corrected chi connectivity index (χ4v) is 4.29. The zero-order chi connectivity index (χ0) is 20.4. The number of thiophene rings is 1. The van der Waals surface area contributed by atoms with Crippen molar-refractivity contribution in [3.8, 4) is 17.1 Å². The Bertz CT molecular complexity index is 1160. The number of benzene rings is 1. The van der Waals surface area contributed by atoms with Gasteiger partial charge < -0.3 is 4.74 Å². The molecular weight excluding hydrogens is 428 g/mol. The second-order valence-corrected chi connectivity index (χ2v) is 8.53. The molecule has 0 bridgehead atoms. The van der Waals surface area contributed by atoms with Gasteiger partial charge in [-0.1, -0.05) is 11.6 Å². The highest BCUT2D eigenvalue weighted by Gasteiger charge is 2.14. The van der Waals surface area contributed by atoms with Crippen LogP contribution >= 0.6 is 34.3 Å². The number of hydrogen-bond acceptors (Lipinski definition) is 6. The number of aryl methyl sites for hydroxylation is 2. The van der Waals surface area contributed by atoms with Crippen molar-refractivity contribution in [1.82, 2.24) is 14.8 Å². The van der Waals surface area contributed by atoms with Crippen LogP contribution in [0.25, 0.3) is 11.4 Å². The van der Waals surface area contributed by atoms with E-state index in [0.29, 0.717) is 21.6 Å². The maximum atomic E-state index is 12.5. The molecule has 148 valence electrons. The number of amides is 1. The van der Waals surface area contributed by atoms with E-state index < -0.39 is 0 Å². The van der Waals surface area contributed by atoms with Gasteiger partial charge in [0.1, 0.15) is 18.1 Å². The predicted octanol–water partition coefficient (Wildman–Crippen LogP) is 5.40. The summed E-state index contributed by atoms with van der Waals surface area (Å²) >= 11 is 8.79. The number of rotatable bonds is 6. The molecule has 1 amide bonds. The number of ether oxygens (including phenoxy) is 1. The first-order valence-electron chi connectivity index (χ1n) is 8.71. The van der Waals surface area contributed by atoms with Crippen molar-refractivity contribution in [3.63, 3.8) is 0 Å². The van der Waals surface area contributed by atoms with Crippen molar-refractivity contribution >= 4 is 45.3 Å². The quantitative estimate of drug-likeness (QED) is 0.432. The number of hydrogen-bond donors (Lipinski definition) is 1. The number of nitrogens with zero attached hydrogens (tertiary/aromatic N) is 3. The fourth-order valence-electron chi connectivity index (χ4n) is 2.68. The van der Waals surface area contributed by atoms with Crippen LogP contribution in [0.4, 0.5) is 5.13 Å². The van der Waals surface area contributed by atoms with Crippen LogP contribution in [0.1, 0.15) is 20.8 Å². The maximum absolute atomic E-state index is 12.5. The normalized spacial score (nSPS) is 10.9. The fraction of sp³-hybridized carbons (Fsp3) is 0.150. The van der Waals surface area contributed by atoms with Crippen LogP contribution < -0.4 is 10.1 Å². The molecule has 0 spiro atoms. The van der Waals surface area contributed by atoms with Gasteiger partial charge in [-0.3, -0.25) is 14.8 Å². The van der Waals surface area contributed by atoms with Crippen molar-refractivity contribution in [3.05, 3.63) is 68.3 Å². The molecule has 3 heterocycles. The molecular formula is C20H17ClN4O2S2. The van der Waals surface area contributed by atoms with Crippen molar-refractivity contribution in [1.29, 1.82) is 0 Å². The number of carbonyl (C=O) groups is 1. The molecule has 0 saturated carbocycles. The Morgan fingerprint density at radius 2 is 2.10 bits per heavy atom. The smallest absolute Gasteiger partial charge is 0.267 e. The van der Waals surface area contributed by atoms with Crippen LogP contribution in [0.15, 0.2) is 47.3 Å². The summed E-state index contributed by atoms with van der Waals surface area (Å²) in [5.74, 6) is 0.559. The van der Waals surface area contributed by atoms with Crippen LogP contribution in [0.2, 0.25) is 5.02 Å². The van der Waals surface area contributed by atoms with Crippen molar-refractivity contribution in [2.75, 3.05) is 5.32 Å². The Balaban J connectivity index is 1.38. The third-order valence-corrected chi connectivity index (χ3v) is 6.38. The molecule has 0 aliphatic heterocycles. The zero-order valence-corrected chi connectivity index (χ0v) is 18.1. The van der Waals surface area contributed by atoms with Gasteiger partial charge in [0.2, 0.25) is 0 Å². The third-order valence-electron chi connectivity index (χ3n) is 4.22. The molecule has 4 aromatic rings. The molecule has 0 radical (unpaired) electrons. The van der Waals surface area contributed by atoms with E-state index in [-0.39, 0.29) is 5.91 Å². The number of anilines is 1. The number of nitrogens with one attached hydrogen (secondary N) is 1. The summed E-state index contributed by atoms with van der Waals surface area (Å²) < 4.78 is 7.54. The van der Waals surface area contributed by atoms with Gasteiger partial charge in [0.25, 0.3) is 5.91 Å². The van der Waals surface area contributed by atoms with Gasteiger partial charge in [0.05, 0.1) is 10.6 Å². The molecule has 0 aliphatic carbocycles. The van der Waals surface area contributed by atoms with E-state index in [9.17, 15) is 4.79 Å². The Labute approximate surface area is 180 Å².